The molecule has 0 spiro atoms. The van der Waals surface area contributed by atoms with Gasteiger partial charge in [-0.3, -0.25) is 0 Å². The van der Waals surface area contributed by atoms with Gasteiger partial charge in [0, 0.05) is 36.0 Å². The van der Waals surface area contributed by atoms with E-state index in [1.165, 1.54) is 0 Å². The van der Waals surface area contributed by atoms with Gasteiger partial charge in [-0.2, -0.15) is 26.3 Å². The first-order valence-electron chi connectivity index (χ1n) is 8.00. The summed E-state index contributed by atoms with van der Waals surface area (Å²) in [5, 5.41) is 0.545. The predicted molar refractivity (Wildman–Crippen MR) is 88.3 cm³/mol. The molecule has 0 unspecified atom stereocenters. The van der Waals surface area contributed by atoms with Crippen molar-refractivity contribution in [1.82, 2.24) is 8.97 Å². The van der Waals surface area contributed by atoms with Crippen molar-refractivity contribution in [3.05, 3.63) is 53.9 Å². The number of aryl methyl sites for hydroxylation is 1. The molecule has 2 heterocycles. The highest BCUT2D eigenvalue weighted by Crippen LogP contribution is 2.55. The molecule has 1 aliphatic rings. The largest absolute Gasteiger partial charge is 0.417 e. The van der Waals surface area contributed by atoms with Gasteiger partial charge in [-0.05, 0) is 29.3 Å². The van der Waals surface area contributed by atoms with Crippen LogP contribution in [0, 0.1) is 0 Å². The summed E-state index contributed by atoms with van der Waals surface area (Å²) in [6.07, 6.45) is -6.36. The lowest BCUT2D eigenvalue weighted by atomic mass is 9.95. The van der Waals surface area contributed by atoms with Gasteiger partial charge in [0.1, 0.15) is 5.65 Å². The second-order valence-electron chi connectivity index (χ2n) is 6.62. The first kappa shape index (κ1) is 16.3. The first-order valence-corrected chi connectivity index (χ1v) is 8.00. The van der Waals surface area contributed by atoms with Crippen LogP contribution in [0.5, 0.6) is 0 Å². The normalized spacial score (nSPS) is 13.7. The van der Waals surface area contributed by atoms with E-state index >= 15 is 0 Å². The molecule has 0 aliphatic heterocycles. The first-order chi connectivity index (χ1) is 12.6. The Morgan fingerprint density at radius 3 is 2.22 bits per heavy atom. The van der Waals surface area contributed by atoms with E-state index in [9.17, 15) is 26.3 Å². The molecule has 0 saturated heterocycles. The Labute approximate surface area is 148 Å². The fourth-order valence-electron chi connectivity index (χ4n) is 4.06. The van der Waals surface area contributed by atoms with Crippen molar-refractivity contribution in [3.8, 4) is 22.3 Å². The molecule has 0 bridgehead atoms. The quantitative estimate of drug-likeness (QED) is 0.287. The molecule has 2 aromatic heterocycles. The van der Waals surface area contributed by atoms with Crippen molar-refractivity contribution in [2.45, 2.75) is 12.4 Å². The van der Waals surface area contributed by atoms with Crippen molar-refractivity contribution in [2.24, 2.45) is 7.05 Å². The van der Waals surface area contributed by atoms with Gasteiger partial charge in [-0.25, -0.2) is 0 Å². The van der Waals surface area contributed by atoms with E-state index in [-0.39, 0.29) is 17.2 Å². The number of halogens is 6. The van der Waals surface area contributed by atoms with Crippen LogP contribution in [0.25, 0.3) is 38.8 Å². The molecule has 0 radical (unpaired) electrons. The lowest BCUT2D eigenvalue weighted by molar-refractivity contribution is -0.142. The highest BCUT2D eigenvalue weighted by Gasteiger charge is 2.43. The molecule has 138 valence electrons. The van der Waals surface area contributed by atoms with Gasteiger partial charge in [0.05, 0.1) is 16.6 Å². The minimum atomic E-state index is -4.92. The Morgan fingerprint density at radius 2 is 1.56 bits per heavy atom. The minimum absolute atomic E-state index is 0.0311. The Morgan fingerprint density at radius 1 is 0.815 bits per heavy atom. The van der Waals surface area contributed by atoms with Crippen LogP contribution in [0.1, 0.15) is 11.1 Å². The van der Waals surface area contributed by atoms with Crippen LogP contribution in [0.2, 0.25) is 0 Å². The molecule has 0 amide bonds. The zero-order chi connectivity index (χ0) is 19.3. The van der Waals surface area contributed by atoms with E-state index in [0.717, 1.165) is 6.07 Å². The molecular formula is C19H10F6N2. The molecular weight excluding hydrogens is 370 g/mol. The topological polar surface area (TPSA) is 9.34 Å². The smallest absolute Gasteiger partial charge is 0.335 e. The zero-order valence-electron chi connectivity index (χ0n) is 13.7. The molecule has 0 atom stereocenters. The molecule has 2 aromatic carbocycles. The Kier molecular flexibility index (Phi) is 2.82. The van der Waals surface area contributed by atoms with Gasteiger partial charge >= 0.3 is 12.4 Å². The fourth-order valence-corrected chi connectivity index (χ4v) is 4.06. The third kappa shape index (κ3) is 1.98. The number of imidazole rings is 1. The standard InChI is InChI=1S/C19H10F6N2/c1-26-5-6-27-13-4-2-3-10-11-7-9(18(20,21)22)8-12(19(23,24)25)14(11)16(15(10)13)17(26)27/h2-8H,1H3. The molecule has 0 saturated carbocycles. The van der Waals surface area contributed by atoms with E-state index in [2.05, 4.69) is 0 Å². The maximum absolute atomic E-state index is 13.8. The second kappa shape index (κ2) is 4.68. The number of fused-ring (bicyclic) bond motifs is 6. The van der Waals surface area contributed by atoms with Crippen LogP contribution in [0.3, 0.4) is 0 Å². The van der Waals surface area contributed by atoms with E-state index in [1.54, 1.807) is 46.6 Å². The lowest BCUT2D eigenvalue weighted by Crippen LogP contribution is -2.12. The highest BCUT2D eigenvalue weighted by atomic mass is 19.4. The van der Waals surface area contributed by atoms with Crippen molar-refractivity contribution in [2.75, 3.05) is 0 Å². The molecule has 4 aromatic rings. The third-order valence-corrected chi connectivity index (χ3v) is 5.09. The van der Waals surface area contributed by atoms with Gasteiger partial charge < -0.3 is 8.97 Å². The molecule has 0 N–H and O–H groups in total. The molecule has 1 aliphatic carbocycles. The molecule has 5 rings (SSSR count). The fraction of sp³-hybridized carbons (Fsp3) is 0.158. The number of benzene rings is 2. The number of aromatic nitrogens is 2. The van der Waals surface area contributed by atoms with Crippen LogP contribution < -0.4 is 0 Å². The summed E-state index contributed by atoms with van der Waals surface area (Å²) in [4.78, 5) is 0. The summed E-state index contributed by atoms with van der Waals surface area (Å²) < 4.78 is 84.5. The van der Waals surface area contributed by atoms with E-state index in [1.807, 2.05) is 0 Å². The lowest BCUT2D eigenvalue weighted by Gasteiger charge is -2.17. The van der Waals surface area contributed by atoms with Gasteiger partial charge in [-0.1, -0.05) is 12.1 Å². The number of hydrogen-bond donors (Lipinski definition) is 0. The summed E-state index contributed by atoms with van der Waals surface area (Å²) >= 11 is 0. The summed E-state index contributed by atoms with van der Waals surface area (Å²) in [6, 6.07) is 5.99. The summed E-state index contributed by atoms with van der Waals surface area (Å²) in [5.74, 6) is 0. The minimum Gasteiger partial charge on any atom is -0.335 e. The van der Waals surface area contributed by atoms with Gasteiger partial charge in [0.25, 0.3) is 0 Å². The average Bonchev–Trinajstić information content (AvgIpc) is 3.20. The van der Waals surface area contributed by atoms with Crippen molar-refractivity contribution in [3.63, 3.8) is 0 Å². The van der Waals surface area contributed by atoms with Crippen LogP contribution in [0.4, 0.5) is 26.3 Å². The maximum atomic E-state index is 13.8. The number of hydrogen-bond acceptors (Lipinski definition) is 0. The van der Waals surface area contributed by atoms with Crippen LogP contribution >= 0.6 is 0 Å². The molecule has 8 heteroatoms. The second-order valence-corrected chi connectivity index (χ2v) is 6.62. The van der Waals surface area contributed by atoms with Crippen molar-refractivity contribution < 1.29 is 26.3 Å². The summed E-state index contributed by atoms with van der Waals surface area (Å²) in [7, 11) is 1.69. The van der Waals surface area contributed by atoms with Gasteiger partial charge in [0.15, 0.2) is 0 Å². The molecule has 2 nitrogen and oxygen atoms in total. The Hall–Kier alpha value is -2.90. The summed E-state index contributed by atoms with van der Waals surface area (Å²) in [6.45, 7) is 0. The number of rotatable bonds is 0. The van der Waals surface area contributed by atoms with Crippen molar-refractivity contribution in [1.29, 1.82) is 0 Å². The SMILES string of the molecule is Cn1ccn2c3cccc4c3c(c12)-c1c-4cc(C(F)(F)F)cc1C(F)(F)F. The van der Waals surface area contributed by atoms with E-state index < -0.39 is 23.5 Å². The Bertz CT molecular complexity index is 1250. The zero-order valence-corrected chi connectivity index (χ0v) is 13.7. The van der Waals surface area contributed by atoms with Crippen LogP contribution in [-0.2, 0) is 19.4 Å². The van der Waals surface area contributed by atoms with Gasteiger partial charge in [-0.15, -0.1) is 0 Å². The highest BCUT2D eigenvalue weighted by molar-refractivity contribution is 6.20. The Balaban J connectivity index is 2.02. The predicted octanol–water partition coefficient (Wildman–Crippen LogP) is 6.12. The summed E-state index contributed by atoms with van der Waals surface area (Å²) in [5.41, 5.74) is -0.896. The van der Waals surface area contributed by atoms with Crippen LogP contribution in [0.15, 0.2) is 42.7 Å². The van der Waals surface area contributed by atoms with E-state index in [4.69, 9.17) is 0 Å². The van der Waals surface area contributed by atoms with Gasteiger partial charge in [0.2, 0.25) is 0 Å². The third-order valence-electron chi connectivity index (χ3n) is 5.09. The maximum Gasteiger partial charge on any atom is 0.417 e. The molecule has 27 heavy (non-hydrogen) atoms. The number of nitrogens with zero attached hydrogens (tertiary/aromatic N) is 2. The van der Waals surface area contributed by atoms with Crippen LogP contribution in [-0.4, -0.2) is 8.97 Å². The number of alkyl halides is 6. The monoisotopic (exact) mass is 380 g/mol. The molecule has 0 fully saturated rings. The van der Waals surface area contributed by atoms with Crippen molar-refractivity contribution >= 4 is 16.6 Å². The van der Waals surface area contributed by atoms with E-state index in [0.29, 0.717) is 27.7 Å². The average molecular weight is 380 g/mol.